The van der Waals surface area contributed by atoms with Gasteiger partial charge in [0, 0.05) is 31.5 Å². The van der Waals surface area contributed by atoms with Crippen LogP contribution < -0.4 is 0 Å². The molecule has 0 aliphatic carbocycles. The number of hydrogen-bond acceptors (Lipinski definition) is 4. The number of aliphatic hydroxyl groups is 1. The molecule has 0 saturated carbocycles. The van der Waals surface area contributed by atoms with E-state index in [1.54, 1.807) is 11.0 Å². The molecule has 0 aromatic carbocycles. The smallest absolute Gasteiger partial charge is 0.222 e. The van der Waals surface area contributed by atoms with Crippen molar-refractivity contribution in [3.63, 3.8) is 0 Å². The van der Waals surface area contributed by atoms with Crippen LogP contribution in [0.3, 0.4) is 0 Å². The van der Waals surface area contributed by atoms with Gasteiger partial charge in [0.2, 0.25) is 5.91 Å². The highest BCUT2D eigenvalue weighted by Crippen LogP contribution is 2.33. The Kier molecular flexibility index (Phi) is 5.50. The van der Waals surface area contributed by atoms with Crippen molar-refractivity contribution in [2.45, 2.75) is 38.6 Å². The molecule has 1 aliphatic heterocycles. The minimum atomic E-state index is -0.193. The van der Waals surface area contributed by atoms with E-state index in [9.17, 15) is 9.90 Å². The fraction of sp³-hybridized carbons (Fsp3) is 0.667. The molecule has 116 valence electrons. The lowest BCUT2D eigenvalue weighted by Crippen LogP contribution is -2.47. The first-order valence-corrected chi connectivity index (χ1v) is 7.51. The number of carbonyl (C=O) groups excluding carboxylic acids is 1. The van der Waals surface area contributed by atoms with Gasteiger partial charge in [0.25, 0.3) is 0 Å². The molecule has 21 heavy (non-hydrogen) atoms. The van der Waals surface area contributed by atoms with Crippen LogP contribution in [-0.2, 0) is 11.3 Å². The van der Waals surface area contributed by atoms with E-state index >= 15 is 0 Å². The summed E-state index contributed by atoms with van der Waals surface area (Å²) in [5, 5.41) is 13.7. The quantitative estimate of drug-likeness (QED) is 0.767. The maximum atomic E-state index is 12.3. The Hall–Kier alpha value is -1.69. The van der Waals surface area contributed by atoms with Gasteiger partial charge >= 0.3 is 0 Å². The lowest BCUT2D eigenvalue weighted by Gasteiger charge is -2.41. The zero-order chi connectivity index (χ0) is 15.1. The molecule has 6 heteroatoms. The molecule has 0 bridgehead atoms. The third-order valence-electron chi connectivity index (χ3n) is 4.17. The van der Waals surface area contributed by atoms with Gasteiger partial charge in [-0.2, -0.15) is 5.10 Å². The highest BCUT2D eigenvalue weighted by Gasteiger charge is 2.35. The number of aliphatic hydroxyl groups excluding tert-OH is 1. The second-order valence-electron chi connectivity index (χ2n) is 5.83. The van der Waals surface area contributed by atoms with E-state index in [2.05, 4.69) is 16.7 Å². The molecule has 2 rings (SSSR count). The Morgan fingerprint density at radius 1 is 1.52 bits per heavy atom. The van der Waals surface area contributed by atoms with Crippen LogP contribution in [0.2, 0.25) is 0 Å². The summed E-state index contributed by atoms with van der Waals surface area (Å²) < 4.78 is 1.74. The molecule has 6 nitrogen and oxygen atoms in total. The van der Waals surface area contributed by atoms with Gasteiger partial charge in [-0.15, -0.1) is 6.58 Å². The molecule has 2 heterocycles. The summed E-state index contributed by atoms with van der Waals surface area (Å²) in [4.78, 5) is 18.1. The zero-order valence-electron chi connectivity index (χ0n) is 12.4. The van der Waals surface area contributed by atoms with E-state index in [-0.39, 0.29) is 17.9 Å². The maximum absolute atomic E-state index is 12.3. The summed E-state index contributed by atoms with van der Waals surface area (Å²) in [6.07, 6.45) is 8.92. The summed E-state index contributed by atoms with van der Waals surface area (Å²) >= 11 is 0. The summed E-state index contributed by atoms with van der Waals surface area (Å²) in [5.74, 6) is 0.164. The van der Waals surface area contributed by atoms with E-state index in [1.807, 2.05) is 11.0 Å². The first kappa shape index (κ1) is 15.7. The van der Waals surface area contributed by atoms with Crippen LogP contribution in [0.1, 0.15) is 32.1 Å². The molecular formula is C15H24N4O2. The van der Waals surface area contributed by atoms with E-state index in [1.165, 1.54) is 6.33 Å². The van der Waals surface area contributed by atoms with E-state index in [0.717, 1.165) is 32.2 Å². The number of piperidine rings is 1. The van der Waals surface area contributed by atoms with Crippen LogP contribution in [0.15, 0.2) is 25.3 Å². The normalized spacial score (nSPS) is 22.2. The van der Waals surface area contributed by atoms with Crippen LogP contribution in [0.4, 0.5) is 0 Å². The van der Waals surface area contributed by atoms with Gasteiger partial charge in [-0.25, -0.2) is 4.98 Å². The first-order chi connectivity index (χ1) is 10.2. The molecule has 1 aromatic heterocycles. The monoisotopic (exact) mass is 292 g/mol. The highest BCUT2D eigenvalue weighted by molar-refractivity contribution is 5.76. The molecule has 1 N–H and O–H groups in total. The van der Waals surface area contributed by atoms with Gasteiger partial charge < -0.3 is 10.0 Å². The molecule has 1 aliphatic rings. The Bertz CT molecular complexity index is 460. The largest absolute Gasteiger partial charge is 0.396 e. The number of aromatic nitrogens is 3. The molecule has 1 amide bonds. The van der Waals surface area contributed by atoms with Gasteiger partial charge in [-0.3, -0.25) is 9.48 Å². The number of rotatable bonds is 7. The second-order valence-corrected chi connectivity index (χ2v) is 5.83. The van der Waals surface area contributed by atoms with E-state index < -0.39 is 0 Å². The van der Waals surface area contributed by atoms with E-state index in [4.69, 9.17) is 0 Å². The van der Waals surface area contributed by atoms with Crippen LogP contribution >= 0.6 is 0 Å². The van der Waals surface area contributed by atoms with Crippen molar-refractivity contribution in [1.29, 1.82) is 0 Å². The number of allylic oxidation sites excluding steroid dienone is 1. The minimum Gasteiger partial charge on any atom is -0.396 e. The third kappa shape index (κ3) is 4.14. The van der Waals surface area contributed by atoms with Gasteiger partial charge in [0.15, 0.2) is 0 Å². The summed E-state index contributed by atoms with van der Waals surface area (Å²) in [6, 6.07) is 0. The fourth-order valence-electron chi connectivity index (χ4n) is 2.99. The summed E-state index contributed by atoms with van der Waals surface area (Å²) in [7, 11) is 0. The predicted octanol–water partition coefficient (Wildman–Crippen LogP) is 1.24. The lowest BCUT2D eigenvalue weighted by atomic mass is 9.77. The Morgan fingerprint density at radius 3 is 3.05 bits per heavy atom. The number of likely N-dealkylation sites (tertiary alicyclic amines) is 1. The number of hydrogen-bond donors (Lipinski definition) is 1. The molecule has 1 fully saturated rings. The molecule has 0 radical (unpaired) electrons. The second kappa shape index (κ2) is 7.36. The Morgan fingerprint density at radius 2 is 2.38 bits per heavy atom. The van der Waals surface area contributed by atoms with Crippen molar-refractivity contribution in [2.24, 2.45) is 5.41 Å². The van der Waals surface area contributed by atoms with Crippen molar-refractivity contribution < 1.29 is 9.90 Å². The Labute approximate surface area is 125 Å². The molecule has 1 aromatic rings. The third-order valence-corrected chi connectivity index (χ3v) is 4.17. The number of nitrogens with zero attached hydrogens (tertiary/aromatic N) is 4. The Balaban J connectivity index is 1.82. The van der Waals surface area contributed by atoms with Crippen molar-refractivity contribution in [2.75, 3.05) is 19.7 Å². The van der Waals surface area contributed by atoms with Gasteiger partial charge in [-0.1, -0.05) is 6.08 Å². The minimum absolute atomic E-state index is 0.113. The standard InChI is InChI=1S/C15H24N4O2/c1-2-6-15(11-20)7-4-8-18(10-15)14(21)5-3-9-19-13-16-12-17-19/h2,12-13,20H,1,3-11H2. The SMILES string of the molecule is C=CCC1(CO)CCCN(C(=O)CCCn2cncn2)C1. The maximum Gasteiger partial charge on any atom is 0.222 e. The predicted molar refractivity (Wildman–Crippen MR) is 79.4 cm³/mol. The van der Waals surface area contributed by atoms with Gasteiger partial charge in [0.05, 0.1) is 6.61 Å². The lowest BCUT2D eigenvalue weighted by molar-refractivity contribution is -0.135. The zero-order valence-corrected chi connectivity index (χ0v) is 12.4. The van der Waals surface area contributed by atoms with Crippen molar-refractivity contribution in [3.05, 3.63) is 25.3 Å². The molecule has 1 saturated heterocycles. The van der Waals surface area contributed by atoms with Crippen molar-refractivity contribution in [1.82, 2.24) is 19.7 Å². The first-order valence-electron chi connectivity index (χ1n) is 7.51. The average molecular weight is 292 g/mol. The highest BCUT2D eigenvalue weighted by atomic mass is 16.3. The van der Waals surface area contributed by atoms with Crippen LogP contribution in [0, 0.1) is 5.41 Å². The summed E-state index contributed by atoms with van der Waals surface area (Å²) in [6.45, 7) is 6.01. The van der Waals surface area contributed by atoms with Gasteiger partial charge in [-0.05, 0) is 25.7 Å². The molecule has 0 spiro atoms. The van der Waals surface area contributed by atoms with Crippen LogP contribution in [0.5, 0.6) is 0 Å². The molecular weight excluding hydrogens is 268 g/mol. The number of carbonyl (C=O) groups is 1. The van der Waals surface area contributed by atoms with Crippen LogP contribution in [-0.4, -0.2) is 50.4 Å². The van der Waals surface area contributed by atoms with Crippen LogP contribution in [0.25, 0.3) is 0 Å². The van der Waals surface area contributed by atoms with Crippen molar-refractivity contribution in [3.8, 4) is 0 Å². The summed E-state index contributed by atoms with van der Waals surface area (Å²) in [5.41, 5.74) is -0.193. The van der Waals surface area contributed by atoms with Crippen molar-refractivity contribution >= 4 is 5.91 Å². The topological polar surface area (TPSA) is 71.2 Å². The molecule has 1 atom stereocenters. The number of aryl methyl sites for hydroxylation is 1. The number of amides is 1. The molecule has 1 unspecified atom stereocenters. The van der Waals surface area contributed by atoms with E-state index in [0.29, 0.717) is 19.5 Å². The fourth-order valence-corrected chi connectivity index (χ4v) is 2.99. The average Bonchev–Trinajstić information content (AvgIpc) is 3.01. The van der Waals surface area contributed by atoms with Gasteiger partial charge in [0.1, 0.15) is 12.7 Å².